The third kappa shape index (κ3) is 1.88. The Labute approximate surface area is 116 Å². The van der Waals surface area contributed by atoms with Gasteiger partial charge in [-0.25, -0.2) is 9.78 Å². The summed E-state index contributed by atoms with van der Waals surface area (Å²) in [6.45, 7) is 0.263. The van der Waals surface area contributed by atoms with Gasteiger partial charge in [-0.15, -0.1) is 0 Å². The van der Waals surface area contributed by atoms with Crippen LogP contribution in [0.2, 0.25) is 0 Å². The summed E-state index contributed by atoms with van der Waals surface area (Å²) < 4.78 is 11.4. The van der Waals surface area contributed by atoms with E-state index in [0.29, 0.717) is 17.3 Å². The minimum atomic E-state index is -0.600. The van der Waals surface area contributed by atoms with Crippen LogP contribution in [0, 0.1) is 0 Å². The number of rotatable bonds is 1. The monoisotopic (exact) mass is 286 g/mol. The topological polar surface area (TPSA) is 113 Å². The van der Waals surface area contributed by atoms with Gasteiger partial charge in [0.1, 0.15) is 12.1 Å². The fraction of sp³-hybridized carbons (Fsp3) is 0.154. The molecule has 0 saturated carbocycles. The lowest BCUT2D eigenvalue weighted by molar-refractivity contribution is 0.0859. The van der Waals surface area contributed by atoms with E-state index in [1.807, 2.05) is 18.2 Å². The van der Waals surface area contributed by atoms with Gasteiger partial charge in [0, 0.05) is 0 Å². The van der Waals surface area contributed by atoms with E-state index in [-0.39, 0.29) is 17.8 Å². The van der Waals surface area contributed by atoms with Crippen molar-refractivity contribution >= 4 is 11.2 Å². The van der Waals surface area contributed by atoms with Crippen molar-refractivity contribution in [2.45, 2.75) is 6.10 Å². The van der Waals surface area contributed by atoms with E-state index in [4.69, 9.17) is 9.47 Å². The summed E-state index contributed by atoms with van der Waals surface area (Å²) in [5, 5.41) is 0. The van der Waals surface area contributed by atoms with Gasteiger partial charge in [0.25, 0.3) is 5.56 Å². The van der Waals surface area contributed by atoms with Gasteiger partial charge in [0.15, 0.2) is 29.1 Å². The summed E-state index contributed by atoms with van der Waals surface area (Å²) in [4.78, 5) is 34.6. The van der Waals surface area contributed by atoms with Gasteiger partial charge >= 0.3 is 5.69 Å². The molecule has 3 N–H and O–H groups in total. The number of benzene rings is 1. The number of fused-ring (bicyclic) bond motifs is 2. The zero-order chi connectivity index (χ0) is 14.4. The van der Waals surface area contributed by atoms with Crippen LogP contribution in [0.5, 0.6) is 11.5 Å². The van der Waals surface area contributed by atoms with Crippen molar-refractivity contribution in [3.63, 3.8) is 0 Å². The lowest BCUT2D eigenvalue weighted by Crippen LogP contribution is -2.22. The molecule has 0 amide bonds. The summed E-state index contributed by atoms with van der Waals surface area (Å²) in [5.41, 5.74) is -0.727. The smallest absolute Gasteiger partial charge is 0.327 e. The number of hydrogen-bond donors (Lipinski definition) is 3. The molecule has 0 aliphatic carbocycles. The van der Waals surface area contributed by atoms with Crippen LogP contribution in [0.15, 0.2) is 33.9 Å². The van der Waals surface area contributed by atoms with Crippen molar-refractivity contribution in [3.8, 4) is 11.5 Å². The van der Waals surface area contributed by atoms with Crippen LogP contribution >= 0.6 is 0 Å². The standard InChI is InChI=1S/C13H10N4O4/c18-12-9-11(16-13(19)17-12)15-10(14-9)8-5-20-6-3-1-2-4-7(6)21-8/h1-4,8H,5H2,(H3,14,15,16,17,18,19). The van der Waals surface area contributed by atoms with Crippen LogP contribution in [0.25, 0.3) is 11.2 Å². The largest absolute Gasteiger partial charge is 0.485 e. The first-order chi connectivity index (χ1) is 10.2. The first-order valence-electron chi connectivity index (χ1n) is 6.31. The second-order valence-electron chi connectivity index (χ2n) is 4.62. The quantitative estimate of drug-likeness (QED) is 0.601. The lowest BCUT2D eigenvalue weighted by Gasteiger charge is -2.24. The molecule has 1 unspecified atom stereocenters. The highest BCUT2D eigenvalue weighted by molar-refractivity contribution is 5.68. The number of H-pyrrole nitrogens is 3. The molecule has 0 fully saturated rings. The molecule has 21 heavy (non-hydrogen) atoms. The van der Waals surface area contributed by atoms with Crippen LogP contribution in [0.3, 0.4) is 0 Å². The molecule has 2 aromatic heterocycles. The molecule has 3 aromatic rings. The van der Waals surface area contributed by atoms with E-state index in [1.54, 1.807) is 6.07 Å². The molecular weight excluding hydrogens is 276 g/mol. The van der Waals surface area contributed by atoms with E-state index in [9.17, 15) is 9.59 Å². The van der Waals surface area contributed by atoms with E-state index in [0.717, 1.165) is 0 Å². The molecule has 0 spiro atoms. The van der Waals surface area contributed by atoms with Gasteiger partial charge < -0.3 is 14.5 Å². The Morgan fingerprint density at radius 3 is 2.76 bits per heavy atom. The molecule has 1 aliphatic rings. The highest BCUT2D eigenvalue weighted by atomic mass is 16.6. The third-order valence-corrected chi connectivity index (χ3v) is 3.22. The van der Waals surface area contributed by atoms with Crippen molar-refractivity contribution in [3.05, 3.63) is 50.9 Å². The molecule has 8 nitrogen and oxygen atoms in total. The SMILES string of the molecule is O=c1[nH]c(=O)c2[nH]c(C3COc4ccccc4O3)nc2[nH]1. The Morgan fingerprint density at radius 2 is 1.90 bits per heavy atom. The molecule has 0 bridgehead atoms. The van der Waals surface area contributed by atoms with E-state index in [2.05, 4.69) is 19.9 Å². The number of nitrogens with one attached hydrogen (secondary N) is 3. The van der Waals surface area contributed by atoms with Crippen LogP contribution in [0.4, 0.5) is 0 Å². The predicted octanol–water partition coefficient (Wildman–Crippen LogP) is 0.452. The second kappa shape index (κ2) is 4.23. The fourth-order valence-corrected chi connectivity index (χ4v) is 2.26. The number of ether oxygens (including phenoxy) is 2. The first kappa shape index (κ1) is 11.8. The van der Waals surface area contributed by atoms with Crippen LogP contribution in [0.1, 0.15) is 11.9 Å². The molecule has 1 aromatic carbocycles. The number of para-hydroxylation sites is 2. The van der Waals surface area contributed by atoms with Gasteiger partial charge in [-0.1, -0.05) is 12.1 Å². The van der Waals surface area contributed by atoms with Gasteiger partial charge in [-0.2, -0.15) is 0 Å². The number of aromatic nitrogens is 4. The minimum Gasteiger partial charge on any atom is -0.485 e. The highest BCUT2D eigenvalue weighted by Crippen LogP contribution is 2.35. The summed E-state index contributed by atoms with van der Waals surface area (Å²) in [6, 6.07) is 7.30. The molecule has 0 saturated heterocycles. The molecule has 1 atom stereocenters. The molecule has 0 radical (unpaired) electrons. The molecular formula is C13H10N4O4. The lowest BCUT2D eigenvalue weighted by atomic mass is 10.2. The zero-order valence-corrected chi connectivity index (χ0v) is 10.7. The van der Waals surface area contributed by atoms with Crippen molar-refractivity contribution in [2.75, 3.05) is 6.61 Å². The van der Waals surface area contributed by atoms with Crippen LogP contribution in [-0.2, 0) is 0 Å². The Kier molecular flexibility index (Phi) is 2.37. The van der Waals surface area contributed by atoms with E-state index in [1.165, 1.54) is 0 Å². The van der Waals surface area contributed by atoms with Gasteiger partial charge in [-0.3, -0.25) is 14.8 Å². The Balaban J connectivity index is 1.77. The van der Waals surface area contributed by atoms with E-state index < -0.39 is 17.4 Å². The summed E-state index contributed by atoms with van der Waals surface area (Å²) >= 11 is 0. The van der Waals surface area contributed by atoms with Crippen molar-refractivity contribution in [1.82, 2.24) is 19.9 Å². The van der Waals surface area contributed by atoms with Crippen molar-refractivity contribution in [2.24, 2.45) is 0 Å². The maximum absolute atomic E-state index is 11.7. The summed E-state index contributed by atoms with van der Waals surface area (Å²) in [6.07, 6.45) is -0.477. The zero-order valence-electron chi connectivity index (χ0n) is 10.7. The molecule has 8 heteroatoms. The number of hydrogen-bond acceptors (Lipinski definition) is 5. The molecule has 106 valence electrons. The predicted molar refractivity (Wildman–Crippen MR) is 72.6 cm³/mol. The fourth-order valence-electron chi connectivity index (χ4n) is 2.26. The van der Waals surface area contributed by atoms with Crippen LogP contribution in [-0.4, -0.2) is 26.5 Å². The Morgan fingerprint density at radius 1 is 1.10 bits per heavy atom. The third-order valence-electron chi connectivity index (χ3n) is 3.22. The summed E-state index contributed by atoms with van der Waals surface area (Å²) in [7, 11) is 0. The first-order valence-corrected chi connectivity index (χ1v) is 6.31. The summed E-state index contributed by atoms with van der Waals surface area (Å²) in [5.74, 6) is 1.69. The maximum Gasteiger partial charge on any atom is 0.327 e. The second-order valence-corrected chi connectivity index (χ2v) is 4.62. The average molecular weight is 286 g/mol. The van der Waals surface area contributed by atoms with Gasteiger partial charge in [0.2, 0.25) is 0 Å². The number of imidazole rings is 1. The van der Waals surface area contributed by atoms with Gasteiger partial charge in [-0.05, 0) is 12.1 Å². The number of aromatic amines is 3. The number of nitrogens with zero attached hydrogens (tertiary/aromatic N) is 1. The molecule has 4 rings (SSSR count). The Hall–Kier alpha value is -3.03. The normalized spacial score (nSPS) is 17.0. The van der Waals surface area contributed by atoms with E-state index >= 15 is 0 Å². The van der Waals surface area contributed by atoms with Crippen molar-refractivity contribution in [1.29, 1.82) is 0 Å². The van der Waals surface area contributed by atoms with Gasteiger partial charge in [0.05, 0.1) is 0 Å². The maximum atomic E-state index is 11.7. The minimum absolute atomic E-state index is 0.196. The van der Waals surface area contributed by atoms with Crippen molar-refractivity contribution < 1.29 is 9.47 Å². The molecule has 3 heterocycles. The Bertz CT molecular complexity index is 939. The average Bonchev–Trinajstić information content (AvgIpc) is 2.91. The van der Waals surface area contributed by atoms with Crippen LogP contribution < -0.4 is 20.7 Å². The highest BCUT2D eigenvalue weighted by Gasteiger charge is 2.25. The molecule has 1 aliphatic heterocycles.